The third-order valence-electron chi connectivity index (χ3n) is 9.72. The van der Waals surface area contributed by atoms with Gasteiger partial charge >= 0.3 is 0 Å². The standard InChI is InChI=1S/C44H83NO4/c1-3-5-7-9-11-13-15-16-17-18-19-20-21-22-23-24-25-26-27-28-29-31-33-35-37-39-43(48)45-41(40-46)44(49)42(47)38-36-34-32-30-14-12-10-8-6-4-2/h19-20,22-23,30,32,41-42,44,46-47,49H,3-18,21,24-29,31,33-40H2,1-2H3,(H,45,48)/b20-19-,23-22-,32-30+. The number of rotatable bonds is 38. The number of carbonyl (C=O) groups excluding carboxylic acids is 1. The number of allylic oxidation sites excluding steroid dienone is 6. The number of carbonyl (C=O) groups is 1. The second-order valence-corrected chi connectivity index (χ2v) is 14.5. The molecule has 288 valence electrons. The Hall–Kier alpha value is -1.43. The average molecular weight is 690 g/mol. The van der Waals surface area contributed by atoms with Gasteiger partial charge < -0.3 is 20.6 Å². The zero-order chi connectivity index (χ0) is 35.9. The Bertz CT molecular complexity index is 764. The SMILES string of the molecule is CCCCCCC/C=C/CCCC(O)C(O)C(CO)NC(=O)CCCCCCCCCCC/C=C\C/C=C\CCCCCCCCCCC. The zero-order valence-corrected chi connectivity index (χ0v) is 32.6. The molecule has 0 fully saturated rings. The van der Waals surface area contributed by atoms with Crippen LogP contribution in [-0.4, -0.2) is 46.1 Å². The highest BCUT2D eigenvalue weighted by molar-refractivity contribution is 5.76. The molecule has 0 saturated carbocycles. The lowest BCUT2D eigenvalue weighted by Gasteiger charge is -2.26. The first kappa shape index (κ1) is 47.6. The van der Waals surface area contributed by atoms with Gasteiger partial charge in [0.2, 0.25) is 5.91 Å². The Labute approximate surface area is 304 Å². The van der Waals surface area contributed by atoms with E-state index in [2.05, 4.69) is 55.6 Å². The summed E-state index contributed by atoms with van der Waals surface area (Å²) in [5, 5.41) is 33.3. The third-order valence-corrected chi connectivity index (χ3v) is 9.72. The molecule has 0 aliphatic carbocycles. The molecule has 0 aromatic rings. The monoisotopic (exact) mass is 690 g/mol. The number of hydrogen-bond acceptors (Lipinski definition) is 4. The summed E-state index contributed by atoms with van der Waals surface area (Å²) in [7, 11) is 0. The molecule has 4 N–H and O–H groups in total. The molecule has 49 heavy (non-hydrogen) atoms. The summed E-state index contributed by atoms with van der Waals surface area (Å²) in [5.41, 5.74) is 0. The van der Waals surface area contributed by atoms with Gasteiger partial charge in [-0.2, -0.15) is 0 Å². The van der Waals surface area contributed by atoms with Crippen molar-refractivity contribution in [2.45, 2.75) is 231 Å². The van der Waals surface area contributed by atoms with Crippen LogP contribution in [0.3, 0.4) is 0 Å². The van der Waals surface area contributed by atoms with Gasteiger partial charge in [0.25, 0.3) is 0 Å². The van der Waals surface area contributed by atoms with E-state index in [9.17, 15) is 20.1 Å². The van der Waals surface area contributed by atoms with Crippen LogP contribution in [0.1, 0.15) is 213 Å². The highest BCUT2D eigenvalue weighted by Crippen LogP contribution is 2.14. The molecular weight excluding hydrogens is 606 g/mol. The van der Waals surface area contributed by atoms with Gasteiger partial charge in [-0.1, -0.05) is 172 Å². The number of aliphatic hydroxyl groups excluding tert-OH is 3. The van der Waals surface area contributed by atoms with Gasteiger partial charge in [-0.3, -0.25) is 4.79 Å². The molecule has 3 atom stereocenters. The molecule has 5 nitrogen and oxygen atoms in total. The van der Waals surface area contributed by atoms with Crippen molar-refractivity contribution in [2.24, 2.45) is 0 Å². The lowest BCUT2D eigenvalue weighted by Crippen LogP contribution is -2.50. The van der Waals surface area contributed by atoms with Crippen molar-refractivity contribution in [2.75, 3.05) is 6.61 Å². The van der Waals surface area contributed by atoms with Gasteiger partial charge in [0, 0.05) is 6.42 Å². The predicted molar refractivity (Wildman–Crippen MR) is 213 cm³/mol. The largest absolute Gasteiger partial charge is 0.394 e. The van der Waals surface area contributed by atoms with Gasteiger partial charge in [-0.05, 0) is 70.6 Å². The van der Waals surface area contributed by atoms with E-state index in [-0.39, 0.29) is 12.5 Å². The average Bonchev–Trinajstić information content (AvgIpc) is 3.10. The van der Waals surface area contributed by atoms with Crippen molar-refractivity contribution in [3.05, 3.63) is 36.5 Å². The Balaban J connectivity index is 3.62. The normalized spacial score (nSPS) is 14.0. The summed E-state index contributed by atoms with van der Waals surface area (Å²) in [4.78, 5) is 12.4. The number of aliphatic hydroxyl groups is 3. The molecule has 1 amide bonds. The van der Waals surface area contributed by atoms with Gasteiger partial charge in [0.05, 0.1) is 18.8 Å². The van der Waals surface area contributed by atoms with E-state index in [1.165, 1.54) is 141 Å². The molecular formula is C44H83NO4. The van der Waals surface area contributed by atoms with Crippen LogP contribution in [0.4, 0.5) is 0 Å². The van der Waals surface area contributed by atoms with Crippen LogP contribution in [0, 0.1) is 0 Å². The van der Waals surface area contributed by atoms with Crippen molar-refractivity contribution < 1.29 is 20.1 Å². The van der Waals surface area contributed by atoms with E-state index in [0.717, 1.165) is 44.9 Å². The Morgan fingerprint density at radius 3 is 1.31 bits per heavy atom. The fourth-order valence-electron chi connectivity index (χ4n) is 6.37. The van der Waals surface area contributed by atoms with E-state index in [1.54, 1.807) is 0 Å². The van der Waals surface area contributed by atoms with Gasteiger partial charge in [0.1, 0.15) is 6.10 Å². The molecule has 0 radical (unpaired) electrons. The van der Waals surface area contributed by atoms with Crippen molar-refractivity contribution in [1.82, 2.24) is 5.32 Å². The second-order valence-electron chi connectivity index (χ2n) is 14.5. The maximum atomic E-state index is 12.4. The first-order valence-electron chi connectivity index (χ1n) is 21.3. The van der Waals surface area contributed by atoms with Crippen LogP contribution in [0.5, 0.6) is 0 Å². The van der Waals surface area contributed by atoms with Crippen LogP contribution < -0.4 is 5.32 Å². The topological polar surface area (TPSA) is 89.8 Å². The fourth-order valence-corrected chi connectivity index (χ4v) is 6.37. The van der Waals surface area contributed by atoms with Crippen molar-refractivity contribution in [3.8, 4) is 0 Å². The van der Waals surface area contributed by atoms with Crippen LogP contribution in [0.15, 0.2) is 36.5 Å². The van der Waals surface area contributed by atoms with E-state index in [0.29, 0.717) is 12.8 Å². The van der Waals surface area contributed by atoms with Crippen LogP contribution in [-0.2, 0) is 4.79 Å². The Morgan fingerprint density at radius 1 is 0.510 bits per heavy atom. The molecule has 0 aromatic heterocycles. The minimum absolute atomic E-state index is 0.161. The highest BCUT2D eigenvalue weighted by Gasteiger charge is 2.26. The quantitative estimate of drug-likeness (QED) is 0.0384. The second kappa shape index (κ2) is 39.4. The van der Waals surface area contributed by atoms with Crippen LogP contribution in [0.2, 0.25) is 0 Å². The third kappa shape index (κ3) is 34.8. The molecule has 3 unspecified atom stereocenters. The van der Waals surface area contributed by atoms with E-state index < -0.39 is 18.2 Å². The lowest BCUT2D eigenvalue weighted by atomic mass is 10.0. The Kier molecular flexibility index (Phi) is 38.2. The summed E-state index contributed by atoms with van der Waals surface area (Å²) in [6.07, 6.45) is 48.3. The lowest BCUT2D eigenvalue weighted by molar-refractivity contribution is -0.124. The summed E-state index contributed by atoms with van der Waals surface area (Å²) >= 11 is 0. The predicted octanol–water partition coefficient (Wildman–Crippen LogP) is 12.0. The highest BCUT2D eigenvalue weighted by atomic mass is 16.3. The number of nitrogens with one attached hydrogen (secondary N) is 1. The van der Waals surface area contributed by atoms with Crippen molar-refractivity contribution >= 4 is 5.91 Å². The minimum atomic E-state index is -1.16. The Morgan fingerprint density at radius 2 is 0.878 bits per heavy atom. The maximum absolute atomic E-state index is 12.4. The number of amides is 1. The molecule has 0 rings (SSSR count). The zero-order valence-electron chi connectivity index (χ0n) is 32.6. The maximum Gasteiger partial charge on any atom is 0.220 e. The molecule has 0 spiro atoms. The van der Waals surface area contributed by atoms with E-state index in [1.807, 2.05) is 0 Å². The summed E-state index contributed by atoms with van der Waals surface area (Å²) in [6.45, 7) is 4.13. The molecule has 0 saturated heterocycles. The van der Waals surface area contributed by atoms with Crippen LogP contribution in [0.25, 0.3) is 0 Å². The van der Waals surface area contributed by atoms with Gasteiger partial charge in [-0.25, -0.2) is 0 Å². The number of hydrogen-bond donors (Lipinski definition) is 4. The van der Waals surface area contributed by atoms with Gasteiger partial charge in [-0.15, -0.1) is 0 Å². The molecule has 0 bridgehead atoms. The van der Waals surface area contributed by atoms with Crippen molar-refractivity contribution in [1.29, 1.82) is 0 Å². The van der Waals surface area contributed by atoms with Crippen molar-refractivity contribution in [3.63, 3.8) is 0 Å². The van der Waals surface area contributed by atoms with E-state index in [4.69, 9.17) is 0 Å². The minimum Gasteiger partial charge on any atom is -0.394 e. The smallest absolute Gasteiger partial charge is 0.220 e. The molecule has 0 heterocycles. The van der Waals surface area contributed by atoms with Crippen LogP contribution >= 0.6 is 0 Å². The summed E-state index contributed by atoms with van der Waals surface area (Å²) in [6, 6.07) is -0.826. The van der Waals surface area contributed by atoms with Gasteiger partial charge in [0.15, 0.2) is 0 Å². The molecule has 0 aromatic carbocycles. The summed E-state index contributed by atoms with van der Waals surface area (Å²) < 4.78 is 0. The van der Waals surface area contributed by atoms with E-state index >= 15 is 0 Å². The molecule has 0 aliphatic heterocycles. The first-order chi connectivity index (χ1) is 24.1. The molecule has 5 heteroatoms. The first-order valence-corrected chi connectivity index (χ1v) is 21.3. The molecule has 0 aliphatic rings. The summed E-state index contributed by atoms with van der Waals surface area (Å²) in [5.74, 6) is -0.161. The number of unbranched alkanes of at least 4 members (excludes halogenated alkanes) is 24. The fraction of sp³-hybridized carbons (Fsp3) is 0.841.